The number of likely N-dealkylation sites (tertiary alicyclic amines) is 2. The SMILES string of the molecule is Clc1ccc(-n2ncc3c2CCCC3CCN2CCC(c3ccccc3)CC2)cc1Cl.Clc1ccc(-n2ncc3c2CCCC3CCN2CCC(c3ccccc3)CC2)cc1Cl.OOC#COO. The van der Waals surface area contributed by atoms with Crippen LogP contribution in [0.1, 0.15) is 122 Å². The largest absolute Gasteiger partial charge is 0.303 e. The van der Waals surface area contributed by atoms with Crippen molar-refractivity contribution >= 4 is 46.4 Å². The topological polar surface area (TPSA) is 101 Å². The molecule has 2 aliphatic carbocycles. The minimum absolute atomic E-state index is 0.578. The molecular weight excluding hydrogens is 938 g/mol. The number of hydrogen-bond acceptors (Lipinski definition) is 8. The number of benzene rings is 4. The van der Waals surface area contributed by atoms with Crippen molar-refractivity contribution in [2.24, 2.45) is 0 Å². The van der Waals surface area contributed by atoms with Crippen LogP contribution in [0.15, 0.2) is 109 Å². The van der Waals surface area contributed by atoms with Crippen LogP contribution in [0.2, 0.25) is 20.1 Å². The number of fused-ring (bicyclic) bond motifs is 2. The summed E-state index contributed by atoms with van der Waals surface area (Å²) in [7, 11) is 0. The van der Waals surface area contributed by atoms with Gasteiger partial charge in [-0.2, -0.15) is 20.7 Å². The van der Waals surface area contributed by atoms with Crippen molar-refractivity contribution in [3.63, 3.8) is 0 Å². The molecule has 2 aliphatic heterocycles. The van der Waals surface area contributed by atoms with Crippen molar-refractivity contribution < 1.29 is 20.3 Å². The Morgan fingerprint density at radius 2 is 0.912 bits per heavy atom. The molecule has 4 heterocycles. The zero-order valence-corrected chi connectivity index (χ0v) is 41.4. The lowest BCUT2D eigenvalue weighted by atomic mass is 9.84. The van der Waals surface area contributed by atoms with Gasteiger partial charge in [-0.15, -0.1) is 0 Å². The predicted octanol–water partition coefficient (Wildman–Crippen LogP) is 13.6. The summed E-state index contributed by atoms with van der Waals surface area (Å²) in [5.74, 6) is 2.66. The van der Waals surface area contributed by atoms with Gasteiger partial charge >= 0.3 is 0 Å². The third-order valence-electron chi connectivity index (χ3n) is 14.3. The van der Waals surface area contributed by atoms with E-state index >= 15 is 0 Å². The molecule has 4 aromatic carbocycles. The van der Waals surface area contributed by atoms with Gasteiger partial charge in [0.1, 0.15) is 0 Å². The molecule has 6 aromatic rings. The van der Waals surface area contributed by atoms with Crippen LogP contribution in [0.4, 0.5) is 0 Å². The van der Waals surface area contributed by atoms with E-state index in [9.17, 15) is 0 Å². The van der Waals surface area contributed by atoms with Crippen molar-refractivity contribution in [2.75, 3.05) is 39.3 Å². The summed E-state index contributed by atoms with van der Waals surface area (Å²) < 4.78 is 4.13. The Balaban J connectivity index is 0.000000164. The van der Waals surface area contributed by atoms with Crippen molar-refractivity contribution in [1.29, 1.82) is 0 Å². The molecule has 0 spiro atoms. The van der Waals surface area contributed by atoms with E-state index in [4.69, 9.17) is 67.1 Å². The fourth-order valence-corrected chi connectivity index (χ4v) is 11.3. The van der Waals surface area contributed by atoms with Crippen LogP contribution in [0, 0.1) is 12.2 Å². The molecule has 2 fully saturated rings. The Hall–Kier alpha value is -4.54. The number of halogens is 4. The molecular formula is C54H60Cl4N6O4. The fourth-order valence-electron chi connectivity index (χ4n) is 10.7. The van der Waals surface area contributed by atoms with Crippen molar-refractivity contribution in [3.8, 4) is 23.6 Å². The molecule has 2 saturated heterocycles. The molecule has 0 saturated carbocycles. The Kier molecular flexibility index (Phi) is 18.2. The molecule has 2 atom stereocenters. The van der Waals surface area contributed by atoms with Gasteiger partial charge in [0.25, 0.3) is 0 Å². The lowest BCUT2D eigenvalue weighted by Crippen LogP contribution is -2.34. The smallest absolute Gasteiger partial charge is 0.204 e. The van der Waals surface area contributed by atoms with Crippen LogP contribution in [0.25, 0.3) is 11.4 Å². The quantitative estimate of drug-likeness (QED) is 0.0795. The summed E-state index contributed by atoms with van der Waals surface area (Å²) in [6.07, 6.45) is 21.9. The summed E-state index contributed by atoms with van der Waals surface area (Å²) in [5.41, 5.74) is 10.6. The number of piperidine rings is 2. The van der Waals surface area contributed by atoms with Gasteiger partial charge in [-0.1, -0.05) is 107 Å². The molecule has 2 N–H and O–H groups in total. The van der Waals surface area contributed by atoms with E-state index in [1.165, 1.54) is 149 Å². The van der Waals surface area contributed by atoms with Gasteiger partial charge in [-0.05, 0) is 199 Å². The van der Waals surface area contributed by atoms with E-state index in [-0.39, 0.29) is 0 Å². The summed E-state index contributed by atoms with van der Waals surface area (Å²) in [5, 5.41) is 26.4. The molecule has 0 bridgehead atoms. The lowest BCUT2D eigenvalue weighted by molar-refractivity contribution is -0.188. The van der Waals surface area contributed by atoms with Gasteiger partial charge in [0.2, 0.25) is 12.2 Å². The summed E-state index contributed by atoms with van der Waals surface area (Å²) >= 11 is 24.7. The molecule has 358 valence electrons. The second-order valence-corrected chi connectivity index (χ2v) is 19.9. The monoisotopic (exact) mass is 996 g/mol. The molecule has 2 unspecified atom stereocenters. The van der Waals surface area contributed by atoms with Gasteiger partial charge < -0.3 is 9.80 Å². The summed E-state index contributed by atoms with van der Waals surface area (Å²) in [6.45, 7) is 7.21. The molecule has 10 nitrogen and oxygen atoms in total. The van der Waals surface area contributed by atoms with Crippen molar-refractivity contribution in [3.05, 3.63) is 163 Å². The first-order valence-electron chi connectivity index (χ1n) is 24.0. The lowest BCUT2D eigenvalue weighted by Gasteiger charge is -2.33. The molecule has 0 amide bonds. The van der Waals surface area contributed by atoms with Crippen LogP contribution in [-0.2, 0) is 22.6 Å². The molecule has 2 aromatic heterocycles. The molecule has 10 rings (SSSR count). The second-order valence-electron chi connectivity index (χ2n) is 18.3. The fraction of sp³-hybridized carbons (Fsp3) is 0.407. The minimum Gasteiger partial charge on any atom is -0.303 e. The Morgan fingerprint density at radius 3 is 1.28 bits per heavy atom. The van der Waals surface area contributed by atoms with E-state index in [1.807, 2.05) is 36.4 Å². The maximum absolute atomic E-state index is 7.33. The standard InChI is InChI=1S/2C26H29Cl2N3.C2H2O4/c2*27-24-10-9-22(17-25(24)28)31-26-8-4-7-21(23(26)18-29-31)13-16-30-14-11-20(12-15-30)19-5-2-1-3-6-19;3-5-1-2-6-4/h2*1-3,5-6,9-10,17-18,20-21H,4,7-8,11-16H2;3-4H. The highest BCUT2D eigenvalue weighted by Gasteiger charge is 2.29. The number of hydrogen-bond donors (Lipinski definition) is 2. The summed E-state index contributed by atoms with van der Waals surface area (Å²) in [6, 6.07) is 33.6. The Morgan fingerprint density at radius 1 is 0.515 bits per heavy atom. The number of aromatic nitrogens is 4. The third-order valence-corrected chi connectivity index (χ3v) is 15.8. The first kappa shape index (κ1) is 49.9. The molecule has 0 radical (unpaired) electrons. The number of nitrogens with zero attached hydrogens (tertiary/aromatic N) is 6. The summed E-state index contributed by atoms with van der Waals surface area (Å²) in [4.78, 5) is 11.6. The van der Waals surface area contributed by atoms with E-state index in [0.717, 1.165) is 36.1 Å². The van der Waals surface area contributed by atoms with Crippen LogP contribution >= 0.6 is 46.4 Å². The first-order chi connectivity index (χ1) is 33.3. The average Bonchev–Trinajstić information content (AvgIpc) is 4.03. The highest BCUT2D eigenvalue weighted by atomic mass is 35.5. The van der Waals surface area contributed by atoms with Gasteiger partial charge in [0.05, 0.1) is 43.9 Å². The maximum Gasteiger partial charge on any atom is 0.204 e. The van der Waals surface area contributed by atoms with Gasteiger partial charge in [0.15, 0.2) is 0 Å². The number of rotatable bonds is 10. The van der Waals surface area contributed by atoms with Crippen LogP contribution in [0.5, 0.6) is 0 Å². The molecule has 68 heavy (non-hydrogen) atoms. The second kappa shape index (κ2) is 24.8. The van der Waals surface area contributed by atoms with Gasteiger partial charge in [-0.25, -0.2) is 9.36 Å². The Bertz CT molecular complexity index is 2410. The van der Waals surface area contributed by atoms with Gasteiger partial charge in [-0.3, -0.25) is 9.78 Å². The highest BCUT2D eigenvalue weighted by molar-refractivity contribution is 6.42. The maximum atomic E-state index is 7.33. The predicted molar refractivity (Wildman–Crippen MR) is 273 cm³/mol. The highest BCUT2D eigenvalue weighted by Crippen LogP contribution is 2.39. The van der Waals surface area contributed by atoms with E-state index < -0.39 is 0 Å². The molecule has 4 aliphatic rings. The Labute approximate surface area is 420 Å². The van der Waals surface area contributed by atoms with E-state index in [2.05, 4.69) is 102 Å². The van der Waals surface area contributed by atoms with Gasteiger partial charge in [0, 0.05) is 11.4 Å². The van der Waals surface area contributed by atoms with Crippen LogP contribution < -0.4 is 0 Å². The van der Waals surface area contributed by atoms with E-state index in [0.29, 0.717) is 31.9 Å². The van der Waals surface area contributed by atoms with Crippen LogP contribution in [-0.4, -0.2) is 79.1 Å². The van der Waals surface area contributed by atoms with Crippen molar-refractivity contribution in [1.82, 2.24) is 29.4 Å². The average molecular weight is 999 g/mol. The zero-order valence-electron chi connectivity index (χ0n) is 38.3. The van der Waals surface area contributed by atoms with Crippen LogP contribution in [0.3, 0.4) is 0 Å². The van der Waals surface area contributed by atoms with Crippen molar-refractivity contribution in [2.45, 2.75) is 101 Å². The normalized spacial score (nSPS) is 18.7. The third kappa shape index (κ3) is 12.8. The zero-order chi connectivity index (χ0) is 47.2. The first-order valence-corrected chi connectivity index (χ1v) is 25.5. The molecule has 14 heteroatoms. The minimum atomic E-state index is 0.578. The van der Waals surface area contributed by atoms with E-state index in [1.54, 1.807) is 0 Å².